The summed E-state index contributed by atoms with van der Waals surface area (Å²) in [5.41, 5.74) is -0.444. The van der Waals surface area contributed by atoms with Crippen LogP contribution in [0.15, 0.2) is 0 Å². The van der Waals surface area contributed by atoms with Gasteiger partial charge in [-0.15, -0.1) is 0 Å². The van der Waals surface area contributed by atoms with Gasteiger partial charge in [0.2, 0.25) is 0 Å². The summed E-state index contributed by atoms with van der Waals surface area (Å²) in [6.07, 6.45) is 15.9. The van der Waals surface area contributed by atoms with Gasteiger partial charge in [0.15, 0.2) is 6.29 Å². The van der Waals surface area contributed by atoms with E-state index in [0.29, 0.717) is 6.42 Å². The Bertz CT molecular complexity index is 369. The number of rotatable bonds is 14. The zero-order chi connectivity index (χ0) is 20.0. The van der Waals surface area contributed by atoms with Gasteiger partial charge < -0.3 is 14.2 Å². The van der Waals surface area contributed by atoms with Crippen molar-refractivity contribution in [1.29, 1.82) is 0 Å². The van der Waals surface area contributed by atoms with E-state index in [4.69, 9.17) is 14.2 Å². The summed E-state index contributed by atoms with van der Waals surface area (Å²) in [5.74, 6) is -0.167. The number of unbranched alkanes of at least 4 members (excludes halogenated alkanes) is 8. The third kappa shape index (κ3) is 14.1. The Kier molecular flexibility index (Phi) is 13.0. The SMILES string of the molecule is CCCCCCCCCCCC(CC(=O)OC(C)(C)C)O[C@@H]1CCCCO1. The summed E-state index contributed by atoms with van der Waals surface area (Å²) in [5, 5.41) is 0. The first-order valence-corrected chi connectivity index (χ1v) is 11.4. The van der Waals surface area contributed by atoms with Gasteiger partial charge in [-0.3, -0.25) is 4.79 Å². The van der Waals surface area contributed by atoms with Crippen molar-refractivity contribution < 1.29 is 19.0 Å². The predicted octanol–water partition coefficient (Wildman–Crippen LogP) is 6.55. The molecule has 0 spiro atoms. The van der Waals surface area contributed by atoms with Crippen LogP contribution in [0.5, 0.6) is 0 Å². The van der Waals surface area contributed by atoms with Crippen LogP contribution in [0, 0.1) is 0 Å². The molecule has 1 unspecified atom stereocenters. The molecule has 2 atom stereocenters. The molecule has 0 saturated carbocycles. The lowest BCUT2D eigenvalue weighted by Crippen LogP contribution is -2.32. The van der Waals surface area contributed by atoms with Crippen molar-refractivity contribution in [1.82, 2.24) is 0 Å². The molecule has 0 amide bonds. The normalized spacial score (nSPS) is 19.0. The zero-order valence-electron chi connectivity index (χ0n) is 18.4. The van der Waals surface area contributed by atoms with E-state index in [0.717, 1.165) is 38.7 Å². The molecule has 1 aliphatic heterocycles. The molecule has 4 heteroatoms. The number of ether oxygens (including phenoxy) is 3. The van der Waals surface area contributed by atoms with Gasteiger partial charge >= 0.3 is 5.97 Å². The molecular weight excluding hydrogens is 340 g/mol. The number of hydrogen-bond donors (Lipinski definition) is 0. The highest BCUT2D eigenvalue weighted by Gasteiger charge is 2.24. The lowest BCUT2D eigenvalue weighted by molar-refractivity contribution is -0.196. The zero-order valence-corrected chi connectivity index (χ0v) is 18.4. The van der Waals surface area contributed by atoms with Gasteiger partial charge in [0.1, 0.15) is 5.60 Å². The molecule has 27 heavy (non-hydrogen) atoms. The Labute approximate surface area is 167 Å². The Morgan fingerprint density at radius 2 is 1.63 bits per heavy atom. The van der Waals surface area contributed by atoms with Crippen LogP contribution < -0.4 is 0 Å². The Morgan fingerprint density at radius 3 is 2.19 bits per heavy atom. The van der Waals surface area contributed by atoms with Crippen molar-refractivity contribution in [3.8, 4) is 0 Å². The molecule has 0 aromatic carbocycles. The van der Waals surface area contributed by atoms with E-state index in [1.54, 1.807) is 0 Å². The number of esters is 1. The van der Waals surface area contributed by atoms with Crippen molar-refractivity contribution in [2.45, 2.75) is 136 Å². The number of carbonyl (C=O) groups is 1. The second-order valence-electron chi connectivity index (χ2n) is 8.96. The molecule has 160 valence electrons. The van der Waals surface area contributed by atoms with E-state index in [1.165, 1.54) is 51.4 Å². The van der Waals surface area contributed by atoms with Crippen LogP contribution in [-0.2, 0) is 19.0 Å². The second-order valence-corrected chi connectivity index (χ2v) is 8.96. The Morgan fingerprint density at radius 1 is 1.00 bits per heavy atom. The molecule has 0 bridgehead atoms. The monoisotopic (exact) mass is 384 g/mol. The van der Waals surface area contributed by atoms with Crippen molar-refractivity contribution in [3.63, 3.8) is 0 Å². The molecule has 0 N–H and O–H groups in total. The van der Waals surface area contributed by atoms with Crippen LogP contribution in [0.1, 0.15) is 118 Å². The smallest absolute Gasteiger partial charge is 0.308 e. The Hall–Kier alpha value is -0.610. The predicted molar refractivity (Wildman–Crippen MR) is 111 cm³/mol. The van der Waals surface area contributed by atoms with E-state index in [-0.39, 0.29) is 18.4 Å². The maximum atomic E-state index is 12.2. The first-order valence-electron chi connectivity index (χ1n) is 11.4. The summed E-state index contributed by atoms with van der Waals surface area (Å²) in [7, 11) is 0. The van der Waals surface area contributed by atoms with Gasteiger partial charge in [-0.05, 0) is 46.5 Å². The van der Waals surface area contributed by atoms with Crippen molar-refractivity contribution >= 4 is 5.97 Å². The first-order chi connectivity index (χ1) is 12.9. The van der Waals surface area contributed by atoms with Gasteiger partial charge in [-0.1, -0.05) is 64.7 Å². The average molecular weight is 385 g/mol. The minimum absolute atomic E-state index is 0.0903. The molecule has 1 aliphatic rings. The van der Waals surface area contributed by atoms with E-state index in [2.05, 4.69) is 6.92 Å². The van der Waals surface area contributed by atoms with E-state index >= 15 is 0 Å². The lowest BCUT2D eigenvalue weighted by atomic mass is 10.0. The lowest BCUT2D eigenvalue weighted by Gasteiger charge is -2.28. The quantitative estimate of drug-likeness (QED) is 0.251. The summed E-state index contributed by atoms with van der Waals surface area (Å²) >= 11 is 0. The highest BCUT2D eigenvalue weighted by Crippen LogP contribution is 2.21. The molecule has 0 aromatic rings. The topological polar surface area (TPSA) is 44.8 Å². The van der Waals surface area contributed by atoms with Gasteiger partial charge in [-0.2, -0.15) is 0 Å². The van der Waals surface area contributed by atoms with Crippen molar-refractivity contribution in [2.24, 2.45) is 0 Å². The van der Waals surface area contributed by atoms with Gasteiger partial charge in [0, 0.05) is 6.61 Å². The third-order valence-corrected chi connectivity index (χ3v) is 4.93. The van der Waals surface area contributed by atoms with Crippen molar-refractivity contribution in [2.75, 3.05) is 6.61 Å². The van der Waals surface area contributed by atoms with E-state index < -0.39 is 5.60 Å². The average Bonchev–Trinajstić information content (AvgIpc) is 2.59. The molecule has 4 nitrogen and oxygen atoms in total. The molecular formula is C23H44O4. The second kappa shape index (κ2) is 14.4. The maximum Gasteiger partial charge on any atom is 0.308 e. The molecule has 0 aliphatic carbocycles. The minimum Gasteiger partial charge on any atom is -0.460 e. The van der Waals surface area contributed by atoms with Crippen molar-refractivity contribution in [3.05, 3.63) is 0 Å². The number of carbonyl (C=O) groups excluding carboxylic acids is 1. The van der Waals surface area contributed by atoms with Gasteiger partial charge in [0.25, 0.3) is 0 Å². The van der Waals surface area contributed by atoms with Crippen LogP contribution in [-0.4, -0.2) is 30.6 Å². The van der Waals surface area contributed by atoms with Crippen LogP contribution in [0.3, 0.4) is 0 Å². The van der Waals surface area contributed by atoms with E-state index in [1.807, 2.05) is 20.8 Å². The van der Waals surface area contributed by atoms with Gasteiger partial charge in [0.05, 0.1) is 12.5 Å². The minimum atomic E-state index is -0.444. The van der Waals surface area contributed by atoms with E-state index in [9.17, 15) is 4.79 Å². The van der Waals surface area contributed by atoms with Crippen LogP contribution in [0.25, 0.3) is 0 Å². The molecule has 1 rings (SSSR count). The highest BCUT2D eigenvalue weighted by atomic mass is 16.7. The maximum absolute atomic E-state index is 12.2. The molecule has 0 radical (unpaired) electrons. The molecule has 1 saturated heterocycles. The summed E-state index contributed by atoms with van der Waals surface area (Å²) in [6, 6.07) is 0. The number of hydrogen-bond acceptors (Lipinski definition) is 4. The summed E-state index contributed by atoms with van der Waals surface area (Å²) in [4.78, 5) is 12.2. The van der Waals surface area contributed by atoms with Crippen LogP contribution >= 0.6 is 0 Å². The summed E-state index contributed by atoms with van der Waals surface area (Å²) in [6.45, 7) is 8.75. The van der Waals surface area contributed by atoms with Gasteiger partial charge in [-0.25, -0.2) is 0 Å². The fourth-order valence-electron chi connectivity index (χ4n) is 3.50. The molecule has 1 heterocycles. The standard InChI is InChI=1S/C23H44O4/c1-5-6-7-8-9-10-11-12-13-16-20(19-21(24)27-23(2,3)4)26-22-17-14-15-18-25-22/h20,22H,5-19H2,1-4H3/t20?,22-/m1/s1. The van der Waals surface area contributed by atoms with Crippen LogP contribution in [0.4, 0.5) is 0 Å². The van der Waals surface area contributed by atoms with Crippen LogP contribution in [0.2, 0.25) is 0 Å². The molecule has 0 aromatic heterocycles. The first kappa shape index (κ1) is 24.4. The third-order valence-electron chi connectivity index (χ3n) is 4.93. The summed E-state index contributed by atoms with van der Waals surface area (Å²) < 4.78 is 17.3. The molecule has 1 fully saturated rings. The highest BCUT2D eigenvalue weighted by molar-refractivity contribution is 5.70. The fourth-order valence-corrected chi connectivity index (χ4v) is 3.50. The Balaban J connectivity index is 2.27. The fraction of sp³-hybridized carbons (Fsp3) is 0.957. The largest absolute Gasteiger partial charge is 0.460 e.